The van der Waals surface area contributed by atoms with Gasteiger partial charge in [0.1, 0.15) is 17.5 Å². The largest absolute Gasteiger partial charge is 0.435 e. The van der Waals surface area contributed by atoms with Gasteiger partial charge < -0.3 is 4.74 Å². The molecule has 3 aromatic heterocycles. The molecule has 148 valence electrons. The Morgan fingerprint density at radius 2 is 1.86 bits per heavy atom. The Labute approximate surface area is 169 Å². The van der Waals surface area contributed by atoms with Gasteiger partial charge in [0.05, 0.1) is 17.6 Å². The van der Waals surface area contributed by atoms with Crippen LogP contribution in [0.4, 0.5) is 5.69 Å². The maximum Gasteiger partial charge on any atom is 0.244 e. The standard InChI is InChI=1S/C20H19N5O3S/c1-12-9-13(2)23-14(3)19(12)28-20-18(25-29(4,26)27)8-7-17(24-20)15-5-6-16(10-21)22-11-15/h5-9,11,25H,1-4H3. The molecule has 0 amide bonds. The second-order valence-corrected chi connectivity index (χ2v) is 8.31. The molecule has 0 aliphatic carbocycles. The van der Waals surface area contributed by atoms with Gasteiger partial charge in [-0.25, -0.2) is 18.4 Å². The Kier molecular flexibility index (Phi) is 5.48. The number of nitrogens with one attached hydrogen (secondary N) is 1. The Morgan fingerprint density at radius 3 is 2.45 bits per heavy atom. The summed E-state index contributed by atoms with van der Waals surface area (Å²) in [6.07, 6.45) is 2.58. The molecule has 3 rings (SSSR count). The quantitative estimate of drug-likeness (QED) is 0.685. The van der Waals surface area contributed by atoms with Crippen molar-refractivity contribution >= 4 is 15.7 Å². The highest BCUT2D eigenvalue weighted by Crippen LogP contribution is 2.34. The van der Waals surface area contributed by atoms with Crippen molar-refractivity contribution in [3.05, 3.63) is 59.2 Å². The molecule has 3 aromatic rings. The molecule has 0 spiro atoms. The maximum atomic E-state index is 11.8. The first kappa shape index (κ1) is 20.2. The van der Waals surface area contributed by atoms with E-state index in [4.69, 9.17) is 10.00 Å². The second kappa shape index (κ2) is 7.85. The first-order chi connectivity index (χ1) is 13.7. The lowest BCUT2D eigenvalue weighted by atomic mass is 10.1. The molecule has 0 atom stereocenters. The third-order valence-electron chi connectivity index (χ3n) is 3.98. The van der Waals surface area contributed by atoms with E-state index >= 15 is 0 Å². The molecule has 8 nitrogen and oxygen atoms in total. The minimum atomic E-state index is -3.54. The van der Waals surface area contributed by atoms with Crippen molar-refractivity contribution in [2.24, 2.45) is 0 Å². The van der Waals surface area contributed by atoms with Crippen molar-refractivity contribution < 1.29 is 13.2 Å². The minimum absolute atomic E-state index is 0.0918. The first-order valence-corrected chi connectivity index (χ1v) is 10.5. The van der Waals surface area contributed by atoms with Gasteiger partial charge in [0.2, 0.25) is 15.9 Å². The van der Waals surface area contributed by atoms with Gasteiger partial charge in [-0.2, -0.15) is 5.26 Å². The number of nitriles is 1. The van der Waals surface area contributed by atoms with Gasteiger partial charge in [0.25, 0.3) is 0 Å². The molecule has 0 radical (unpaired) electrons. The Hall–Kier alpha value is -3.51. The number of anilines is 1. The number of hydrogen-bond donors (Lipinski definition) is 1. The summed E-state index contributed by atoms with van der Waals surface area (Å²) in [5.41, 5.74) is 4.05. The van der Waals surface area contributed by atoms with E-state index in [0.29, 0.717) is 22.7 Å². The Balaban J connectivity index is 2.09. The molecular formula is C20H19N5O3S. The molecule has 0 saturated carbocycles. The number of ether oxygens (including phenoxy) is 1. The van der Waals surface area contributed by atoms with E-state index < -0.39 is 10.0 Å². The normalized spacial score (nSPS) is 11.0. The molecule has 0 bridgehead atoms. The van der Waals surface area contributed by atoms with Crippen molar-refractivity contribution in [2.45, 2.75) is 20.8 Å². The zero-order valence-corrected chi connectivity index (χ0v) is 17.2. The van der Waals surface area contributed by atoms with Gasteiger partial charge >= 0.3 is 0 Å². The van der Waals surface area contributed by atoms with Crippen LogP contribution in [-0.4, -0.2) is 29.6 Å². The number of aromatic nitrogens is 3. The fourth-order valence-corrected chi connectivity index (χ4v) is 3.39. The van der Waals surface area contributed by atoms with Crippen molar-refractivity contribution in [2.75, 3.05) is 11.0 Å². The molecule has 3 heterocycles. The average molecular weight is 409 g/mol. The Morgan fingerprint density at radius 1 is 1.10 bits per heavy atom. The molecule has 0 aliphatic rings. The van der Waals surface area contributed by atoms with Crippen molar-refractivity contribution in [3.8, 4) is 29.0 Å². The average Bonchev–Trinajstić information content (AvgIpc) is 2.64. The maximum absolute atomic E-state index is 11.8. The van der Waals surface area contributed by atoms with E-state index in [1.165, 1.54) is 6.20 Å². The minimum Gasteiger partial charge on any atom is -0.435 e. The fraction of sp³-hybridized carbons (Fsp3) is 0.200. The van der Waals surface area contributed by atoms with Crippen LogP contribution >= 0.6 is 0 Å². The predicted molar refractivity (Wildman–Crippen MR) is 109 cm³/mol. The topological polar surface area (TPSA) is 118 Å². The third-order valence-corrected chi connectivity index (χ3v) is 4.58. The van der Waals surface area contributed by atoms with Gasteiger partial charge in [0.15, 0.2) is 5.75 Å². The number of nitrogens with zero attached hydrogens (tertiary/aromatic N) is 4. The highest BCUT2D eigenvalue weighted by molar-refractivity contribution is 7.92. The van der Waals surface area contributed by atoms with E-state index in [1.54, 1.807) is 24.3 Å². The summed E-state index contributed by atoms with van der Waals surface area (Å²) < 4.78 is 32.0. The molecule has 9 heteroatoms. The van der Waals surface area contributed by atoms with Crippen LogP contribution in [0.15, 0.2) is 36.5 Å². The van der Waals surface area contributed by atoms with Crippen molar-refractivity contribution in [1.82, 2.24) is 15.0 Å². The van der Waals surface area contributed by atoms with Gasteiger partial charge in [-0.15, -0.1) is 0 Å². The molecule has 0 saturated heterocycles. The van der Waals surface area contributed by atoms with Crippen LogP contribution in [0.3, 0.4) is 0 Å². The molecule has 0 aromatic carbocycles. The summed E-state index contributed by atoms with van der Waals surface area (Å²) in [5, 5.41) is 8.90. The van der Waals surface area contributed by atoms with E-state index in [-0.39, 0.29) is 17.3 Å². The van der Waals surface area contributed by atoms with Crippen LogP contribution in [-0.2, 0) is 10.0 Å². The van der Waals surface area contributed by atoms with E-state index in [9.17, 15) is 8.42 Å². The van der Waals surface area contributed by atoms with Gasteiger partial charge in [-0.05, 0) is 56.7 Å². The summed E-state index contributed by atoms with van der Waals surface area (Å²) in [5.74, 6) is 0.601. The van der Waals surface area contributed by atoms with Crippen LogP contribution in [0.1, 0.15) is 22.6 Å². The number of sulfonamides is 1. The van der Waals surface area contributed by atoms with E-state index in [2.05, 4.69) is 19.7 Å². The number of pyridine rings is 3. The lowest BCUT2D eigenvalue weighted by Gasteiger charge is -2.15. The highest BCUT2D eigenvalue weighted by atomic mass is 32.2. The number of aryl methyl sites for hydroxylation is 3. The molecule has 1 N–H and O–H groups in total. The second-order valence-electron chi connectivity index (χ2n) is 6.56. The summed E-state index contributed by atoms with van der Waals surface area (Å²) in [6, 6.07) is 10.4. The molecule has 0 unspecified atom stereocenters. The monoisotopic (exact) mass is 409 g/mol. The van der Waals surface area contributed by atoms with Gasteiger partial charge in [-0.3, -0.25) is 9.71 Å². The van der Waals surface area contributed by atoms with Crippen LogP contribution < -0.4 is 9.46 Å². The summed E-state index contributed by atoms with van der Waals surface area (Å²) >= 11 is 0. The molecule has 29 heavy (non-hydrogen) atoms. The lowest BCUT2D eigenvalue weighted by molar-refractivity contribution is 0.455. The zero-order valence-electron chi connectivity index (χ0n) is 16.4. The Bertz CT molecular complexity index is 1190. The fourth-order valence-electron chi connectivity index (χ4n) is 2.83. The third kappa shape index (κ3) is 4.86. The smallest absolute Gasteiger partial charge is 0.244 e. The molecular weight excluding hydrogens is 390 g/mol. The van der Waals surface area contributed by atoms with Crippen LogP contribution in [0.25, 0.3) is 11.3 Å². The van der Waals surface area contributed by atoms with Crippen LogP contribution in [0.2, 0.25) is 0 Å². The van der Waals surface area contributed by atoms with E-state index in [1.807, 2.05) is 32.9 Å². The number of hydrogen-bond acceptors (Lipinski definition) is 7. The lowest BCUT2D eigenvalue weighted by Crippen LogP contribution is -2.11. The van der Waals surface area contributed by atoms with Crippen LogP contribution in [0.5, 0.6) is 11.6 Å². The highest BCUT2D eigenvalue weighted by Gasteiger charge is 2.16. The van der Waals surface area contributed by atoms with Gasteiger partial charge in [-0.1, -0.05) is 0 Å². The molecule has 0 fully saturated rings. The SMILES string of the molecule is Cc1cc(C)c(Oc2nc(-c3ccc(C#N)nc3)ccc2NS(C)(=O)=O)c(C)n1. The summed E-state index contributed by atoms with van der Waals surface area (Å²) in [6.45, 7) is 5.58. The molecule has 0 aliphatic heterocycles. The van der Waals surface area contributed by atoms with Gasteiger partial charge in [0, 0.05) is 17.5 Å². The number of rotatable bonds is 5. The zero-order chi connectivity index (χ0) is 21.2. The summed E-state index contributed by atoms with van der Waals surface area (Å²) in [4.78, 5) is 12.9. The summed E-state index contributed by atoms with van der Waals surface area (Å²) in [7, 11) is -3.54. The van der Waals surface area contributed by atoms with E-state index in [0.717, 1.165) is 17.5 Å². The van der Waals surface area contributed by atoms with Crippen molar-refractivity contribution in [3.63, 3.8) is 0 Å². The first-order valence-electron chi connectivity index (χ1n) is 8.64. The predicted octanol–water partition coefficient (Wildman–Crippen LogP) is 3.50. The van der Waals surface area contributed by atoms with Crippen LogP contribution in [0, 0.1) is 32.1 Å². The van der Waals surface area contributed by atoms with Crippen molar-refractivity contribution in [1.29, 1.82) is 5.26 Å².